The minimum Gasteiger partial charge on any atom is -0.493 e. The normalized spacial score (nSPS) is 14.9. The molecular formula is C23H32N2O5. The summed E-state index contributed by atoms with van der Waals surface area (Å²) in [5.41, 5.74) is 2.23. The number of methoxy groups -OCH3 is 1. The van der Waals surface area contributed by atoms with Gasteiger partial charge < -0.3 is 24.1 Å². The molecule has 1 aromatic carbocycles. The molecule has 1 saturated carbocycles. The lowest BCUT2D eigenvalue weighted by atomic mass is 10.1. The minimum atomic E-state index is -0.157. The van der Waals surface area contributed by atoms with Crippen LogP contribution in [0.15, 0.2) is 22.7 Å². The first-order valence-electron chi connectivity index (χ1n) is 10.7. The smallest absolute Gasteiger partial charge is 0.251 e. The summed E-state index contributed by atoms with van der Waals surface area (Å²) in [6, 6.07) is 5.16. The number of hydrogen-bond donors (Lipinski definition) is 1. The Bertz CT molecular complexity index is 805. The van der Waals surface area contributed by atoms with Crippen LogP contribution in [0.1, 0.15) is 65.9 Å². The third-order valence-electron chi connectivity index (χ3n) is 5.52. The third-order valence-corrected chi connectivity index (χ3v) is 5.52. The van der Waals surface area contributed by atoms with Crippen LogP contribution >= 0.6 is 0 Å². The van der Waals surface area contributed by atoms with Crippen LogP contribution in [0.5, 0.6) is 11.5 Å². The molecule has 0 aliphatic heterocycles. The fraction of sp³-hybridized carbons (Fsp3) is 0.565. The molecule has 7 nitrogen and oxygen atoms in total. The maximum atomic E-state index is 12.5. The van der Waals surface area contributed by atoms with Crippen molar-refractivity contribution < 1.29 is 23.5 Å². The Labute approximate surface area is 178 Å². The van der Waals surface area contributed by atoms with E-state index < -0.39 is 0 Å². The van der Waals surface area contributed by atoms with Gasteiger partial charge in [0.25, 0.3) is 5.91 Å². The van der Waals surface area contributed by atoms with E-state index >= 15 is 0 Å². The van der Waals surface area contributed by atoms with Crippen molar-refractivity contribution in [3.8, 4) is 11.5 Å². The second-order valence-electron chi connectivity index (χ2n) is 7.70. The first-order valence-corrected chi connectivity index (χ1v) is 10.7. The zero-order chi connectivity index (χ0) is 21.3. The molecule has 7 heteroatoms. The van der Waals surface area contributed by atoms with Crippen LogP contribution < -0.4 is 14.8 Å². The van der Waals surface area contributed by atoms with Crippen LogP contribution in [0.4, 0.5) is 0 Å². The summed E-state index contributed by atoms with van der Waals surface area (Å²) < 4.78 is 22.4. The Kier molecular flexibility index (Phi) is 8.13. The Morgan fingerprint density at radius 3 is 2.60 bits per heavy atom. The van der Waals surface area contributed by atoms with E-state index in [2.05, 4.69) is 10.5 Å². The van der Waals surface area contributed by atoms with Gasteiger partial charge in [-0.3, -0.25) is 4.79 Å². The van der Waals surface area contributed by atoms with Gasteiger partial charge in [-0.1, -0.05) is 30.8 Å². The summed E-state index contributed by atoms with van der Waals surface area (Å²) in [6.07, 6.45) is 7.66. The van der Waals surface area contributed by atoms with Crippen molar-refractivity contribution in [2.75, 3.05) is 20.3 Å². The molecule has 1 aliphatic carbocycles. The summed E-state index contributed by atoms with van der Waals surface area (Å²) in [4.78, 5) is 12.5. The zero-order valence-corrected chi connectivity index (χ0v) is 18.2. The van der Waals surface area contributed by atoms with E-state index in [0.29, 0.717) is 42.9 Å². The lowest BCUT2D eigenvalue weighted by molar-refractivity contribution is 0.0442. The van der Waals surface area contributed by atoms with Gasteiger partial charge in [0.15, 0.2) is 11.5 Å². The largest absolute Gasteiger partial charge is 0.493 e. The van der Waals surface area contributed by atoms with Crippen molar-refractivity contribution >= 4 is 5.91 Å². The quantitative estimate of drug-likeness (QED) is 0.483. The van der Waals surface area contributed by atoms with E-state index in [1.165, 1.54) is 25.7 Å². The number of ether oxygens (including phenoxy) is 3. The Balaban J connectivity index is 1.50. The molecule has 1 heterocycles. The average molecular weight is 417 g/mol. The van der Waals surface area contributed by atoms with Gasteiger partial charge in [-0.15, -0.1) is 0 Å². The maximum Gasteiger partial charge on any atom is 0.251 e. The Morgan fingerprint density at radius 2 is 1.93 bits per heavy atom. The zero-order valence-electron chi connectivity index (χ0n) is 18.2. The molecule has 3 rings (SSSR count). The van der Waals surface area contributed by atoms with E-state index in [9.17, 15) is 4.79 Å². The van der Waals surface area contributed by atoms with Crippen molar-refractivity contribution in [1.29, 1.82) is 0 Å². The number of nitrogens with zero attached hydrogens (tertiary/aromatic N) is 1. The predicted octanol–water partition coefficient (Wildman–Crippen LogP) is 4.35. The number of rotatable bonds is 9. The van der Waals surface area contributed by atoms with Gasteiger partial charge >= 0.3 is 0 Å². The molecule has 0 bridgehead atoms. The van der Waals surface area contributed by atoms with Crippen LogP contribution in [0.3, 0.4) is 0 Å². The van der Waals surface area contributed by atoms with Gasteiger partial charge in [0, 0.05) is 12.1 Å². The fourth-order valence-electron chi connectivity index (χ4n) is 3.69. The molecule has 1 aromatic heterocycles. The molecule has 164 valence electrons. The molecule has 1 N–H and O–H groups in total. The first kappa shape index (κ1) is 22.2. The highest BCUT2D eigenvalue weighted by Crippen LogP contribution is 2.29. The lowest BCUT2D eigenvalue weighted by Gasteiger charge is -2.16. The number of benzene rings is 1. The molecule has 1 fully saturated rings. The summed E-state index contributed by atoms with van der Waals surface area (Å²) >= 11 is 0. The third kappa shape index (κ3) is 5.98. The highest BCUT2D eigenvalue weighted by Gasteiger charge is 2.15. The van der Waals surface area contributed by atoms with E-state index in [4.69, 9.17) is 18.7 Å². The number of aryl methyl sites for hydroxylation is 2. The Morgan fingerprint density at radius 1 is 1.17 bits per heavy atom. The van der Waals surface area contributed by atoms with E-state index in [0.717, 1.165) is 29.9 Å². The van der Waals surface area contributed by atoms with Gasteiger partial charge in [-0.05, 0) is 44.9 Å². The predicted molar refractivity (Wildman–Crippen MR) is 113 cm³/mol. The summed E-state index contributed by atoms with van der Waals surface area (Å²) in [7, 11) is 1.56. The molecular weight excluding hydrogens is 384 g/mol. The molecule has 2 aromatic rings. The molecule has 0 atom stereocenters. The summed E-state index contributed by atoms with van der Waals surface area (Å²) in [5.74, 6) is 1.64. The summed E-state index contributed by atoms with van der Waals surface area (Å²) in [6.45, 7) is 5.07. The fourth-order valence-corrected chi connectivity index (χ4v) is 3.69. The SMILES string of the molecule is COc1cc(C(=O)NCCOC2CCCCCC2)ccc1OCc1c(C)noc1C. The van der Waals surface area contributed by atoms with Gasteiger partial charge in [0.2, 0.25) is 0 Å². The number of aromatic nitrogens is 1. The number of carbonyl (C=O) groups excluding carboxylic acids is 1. The lowest BCUT2D eigenvalue weighted by Crippen LogP contribution is -2.28. The van der Waals surface area contributed by atoms with Crippen LogP contribution in [0, 0.1) is 13.8 Å². The van der Waals surface area contributed by atoms with Gasteiger partial charge in [-0.2, -0.15) is 0 Å². The van der Waals surface area contributed by atoms with Gasteiger partial charge in [-0.25, -0.2) is 0 Å². The monoisotopic (exact) mass is 416 g/mol. The minimum absolute atomic E-state index is 0.157. The first-order chi connectivity index (χ1) is 14.6. The van der Waals surface area contributed by atoms with Crippen molar-refractivity contribution in [2.45, 2.75) is 65.1 Å². The maximum absolute atomic E-state index is 12.5. The average Bonchev–Trinajstić information content (AvgIpc) is 2.94. The van der Waals surface area contributed by atoms with Crippen molar-refractivity contribution in [2.24, 2.45) is 0 Å². The molecule has 0 radical (unpaired) electrons. The van der Waals surface area contributed by atoms with E-state index in [1.807, 2.05) is 13.8 Å². The van der Waals surface area contributed by atoms with Crippen LogP contribution in [0.25, 0.3) is 0 Å². The van der Waals surface area contributed by atoms with Gasteiger partial charge in [0.1, 0.15) is 12.4 Å². The molecule has 1 amide bonds. The molecule has 1 aliphatic rings. The van der Waals surface area contributed by atoms with Crippen LogP contribution in [-0.2, 0) is 11.3 Å². The Hall–Kier alpha value is -2.54. The highest BCUT2D eigenvalue weighted by molar-refractivity contribution is 5.94. The van der Waals surface area contributed by atoms with E-state index in [-0.39, 0.29) is 5.91 Å². The number of hydrogen-bond acceptors (Lipinski definition) is 6. The topological polar surface area (TPSA) is 82.8 Å². The van der Waals surface area contributed by atoms with Crippen molar-refractivity contribution in [3.63, 3.8) is 0 Å². The van der Waals surface area contributed by atoms with Crippen LogP contribution in [-0.4, -0.2) is 37.4 Å². The molecule has 30 heavy (non-hydrogen) atoms. The molecule has 0 spiro atoms. The number of amides is 1. The number of nitrogens with one attached hydrogen (secondary N) is 1. The molecule has 0 saturated heterocycles. The number of carbonyl (C=O) groups is 1. The standard InChI is InChI=1S/C23H32N2O5/c1-16-20(17(2)30-25-16)15-29-21-11-10-18(14-22(21)27-3)23(26)24-12-13-28-19-8-6-4-5-7-9-19/h10-11,14,19H,4-9,12-13,15H2,1-3H3,(H,24,26). The molecule has 0 unspecified atom stereocenters. The second-order valence-corrected chi connectivity index (χ2v) is 7.70. The van der Waals surface area contributed by atoms with Crippen molar-refractivity contribution in [3.05, 3.63) is 40.8 Å². The summed E-state index contributed by atoms with van der Waals surface area (Å²) in [5, 5.41) is 6.84. The van der Waals surface area contributed by atoms with Crippen LogP contribution in [0.2, 0.25) is 0 Å². The highest BCUT2D eigenvalue weighted by atomic mass is 16.5. The van der Waals surface area contributed by atoms with E-state index in [1.54, 1.807) is 25.3 Å². The van der Waals surface area contributed by atoms with Gasteiger partial charge in [0.05, 0.1) is 31.1 Å². The second kappa shape index (κ2) is 11.0. The van der Waals surface area contributed by atoms with Crippen molar-refractivity contribution in [1.82, 2.24) is 10.5 Å².